The Balaban J connectivity index is 1.37. The average molecular weight is 609 g/mol. The van der Waals surface area contributed by atoms with Crippen molar-refractivity contribution >= 4 is 41.0 Å². The van der Waals surface area contributed by atoms with Crippen LogP contribution in [-0.4, -0.2) is 52.3 Å². The van der Waals surface area contributed by atoms with E-state index in [9.17, 15) is 24.0 Å². The summed E-state index contributed by atoms with van der Waals surface area (Å²) in [6, 6.07) is 18.0. The third-order valence-corrected chi connectivity index (χ3v) is 8.00. The summed E-state index contributed by atoms with van der Waals surface area (Å²) in [5.74, 6) is -2.14. The minimum Gasteiger partial charge on any atom is -0.481 e. The molecule has 0 fully saturated rings. The summed E-state index contributed by atoms with van der Waals surface area (Å²) in [5, 5.41) is 17.2. The van der Waals surface area contributed by atoms with Crippen molar-refractivity contribution in [1.29, 1.82) is 0 Å². The van der Waals surface area contributed by atoms with Crippen molar-refractivity contribution in [1.82, 2.24) is 15.5 Å². The zero-order chi connectivity index (χ0) is 32.1. The highest BCUT2D eigenvalue weighted by Gasteiger charge is 2.37. The quantitative estimate of drug-likeness (QED) is 0.215. The summed E-state index contributed by atoms with van der Waals surface area (Å²) in [4.78, 5) is 63.3. The maximum absolute atomic E-state index is 13.3. The number of carboxylic acid groups (broad SMARTS) is 1. The van der Waals surface area contributed by atoms with Crippen LogP contribution in [0.15, 0.2) is 72.8 Å². The van der Waals surface area contributed by atoms with Gasteiger partial charge in [-0.3, -0.25) is 24.1 Å². The number of anilines is 1. The second kappa shape index (κ2) is 13.6. The molecule has 10 heteroatoms. The van der Waals surface area contributed by atoms with E-state index in [1.165, 1.54) is 23.0 Å². The number of carbonyl (C=O) groups is 5. The molecule has 45 heavy (non-hydrogen) atoms. The number of aliphatic carboxylic acids is 1. The Kier molecular flexibility index (Phi) is 9.42. The molecule has 1 heterocycles. The maximum Gasteiger partial charge on any atom is 0.319 e. The topological polar surface area (TPSA) is 145 Å². The van der Waals surface area contributed by atoms with Crippen LogP contribution in [0.25, 0.3) is 5.57 Å². The Morgan fingerprint density at radius 2 is 1.53 bits per heavy atom. The maximum atomic E-state index is 13.3. The number of nitrogens with zero attached hydrogens (tertiary/aromatic N) is 1. The first-order valence-electron chi connectivity index (χ1n) is 15.1. The van der Waals surface area contributed by atoms with Gasteiger partial charge < -0.3 is 21.1 Å². The number of rotatable bonds is 10. The Hall–Kier alpha value is -5.25. The number of fused-ring (bicyclic) bond motifs is 1. The van der Waals surface area contributed by atoms with Gasteiger partial charge in [0.2, 0.25) is 0 Å². The summed E-state index contributed by atoms with van der Waals surface area (Å²) in [6.45, 7) is 3.55. The number of nitrogens with one attached hydrogen (secondary N) is 3. The summed E-state index contributed by atoms with van der Waals surface area (Å²) < 4.78 is 0. The molecule has 0 saturated carbocycles. The fourth-order valence-corrected chi connectivity index (χ4v) is 5.67. The van der Waals surface area contributed by atoms with Crippen LogP contribution in [0.3, 0.4) is 0 Å². The van der Waals surface area contributed by atoms with Crippen LogP contribution in [0.4, 0.5) is 10.5 Å². The highest BCUT2D eigenvalue weighted by molar-refractivity contribution is 6.22. The lowest BCUT2D eigenvalue weighted by Gasteiger charge is -2.21. The van der Waals surface area contributed by atoms with Gasteiger partial charge >= 0.3 is 12.0 Å². The minimum atomic E-state index is -0.999. The highest BCUT2D eigenvalue weighted by Crippen LogP contribution is 2.30. The molecule has 4 N–H and O–H groups in total. The summed E-state index contributed by atoms with van der Waals surface area (Å²) in [7, 11) is 0. The smallest absolute Gasteiger partial charge is 0.319 e. The molecule has 2 aliphatic rings. The van der Waals surface area contributed by atoms with Gasteiger partial charge in [-0.2, -0.15) is 0 Å². The minimum absolute atomic E-state index is 0.0149. The van der Waals surface area contributed by atoms with Crippen molar-refractivity contribution in [3.8, 4) is 0 Å². The molecule has 0 bridgehead atoms. The molecule has 3 aromatic rings. The molecule has 3 aromatic carbocycles. The van der Waals surface area contributed by atoms with Gasteiger partial charge in [0, 0.05) is 23.8 Å². The van der Waals surface area contributed by atoms with Gasteiger partial charge in [-0.05, 0) is 92.1 Å². The first kappa shape index (κ1) is 31.2. The van der Waals surface area contributed by atoms with E-state index in [1.807, 2.05) is 24.3 Å². The normalized spacial score (nSPS) is 14.9. The largest absolute Gasteiger partial charge is 0.481 e. The Morgan fingerprint density at radius 1 is 0.867 bits per heavy atom. The monoisotopic (exact) mass is 608 g/mol. The molecule has 0 saturated heterocycles. The average Bonchev–Trinajstić information content (AvgIpc) is 3.29. The number of carbonyl (C=O) groups excluding carboxylic acids is 4. The van der Waals surface area contributed by atoms with Crippen LogP contribution < -0.4 is 16.0 Å². The second-order valence-electron chi connectivity index (χ2n) is 11.5. The van der Waals surface area contributed by atoms with Gasteiger partial charge in [0.15, 0.2) is 0 Å². The van der Waals surface area contributed by atoms with Crippen molar-refractivity contribution in [2.75, 3.05) is 11.9 Å². The molecule has 1 atom stereocenters. The predicted molar refractivity (Wildman–Crippen MR) is 170 cm³/mol. The highest BCUT2D eigenvalue weighted by atomic mass is 16.4. The van der Waals surface area contributed by atoms with Crippen molar-refractivity contribution in [3.05, 3.63) is 106 Å². The summed E-state index contributed by atoms with van der Waals surface area (Å²) in [6.07, 6.45) is 6.55. The first-order valence-corrected chi connectivity index (χ1v) is 15.1. The third kappa shape index (κ3) is 7.12. The molecular weight excluding hydrogens is 572 g/mol. The van der Waals surface area contributed by atoms with Crippen molar-refractivity contribution in [3.63, 3.8) is 0 Å². The van der Waals surface area contributed by atoms with Crippen LogP contribution in [0.5, 0.6) is 0 Å². The van der Waals surface area contributed by atoms with E-state index in [0.717, 1.165) is 36.0 Å². The van der Waals surface area contributed by atoms with Crippen LogP contribution >= 0.6 is 0 Å². The Labute approximate surface area is 261 Å². The number of benzene rings is 3. The van der Waals surface area contributed by atoms with Gasteiger partial charge in [0.1, 0.15) is 0 Å². The van der Waals surface area contributed by atoms with E-state index < -0.39 is 29.9 Å². The third-order valence-electron chi connectivity index (χ3n) is 8.00. The number of allylic oxidation sites excluding steroid dienone is 2. The lowest BCUT2D eigenvalue weighted by Crippen LogP contribution is -2.35. The molecule has 232 valence electrons. The van der Waals surface area contributed by atoms with E-state index in [4.69, 9.17) is 5.11 Å². The second-order valence-corrected chi connectivity index (χ2v) is 11.5. The molecular formula is C35H36N4O6. The Morgan fingerprint density at radius 3 is 2.16 bits per heavy atom. The fourth-order valence-electron chi connectivity index (χ4n) is 5.67. The van der Waals surface area contributed by atoms with Gasteiger partial charge in [-0.15, -0.1) is 0 Å². The number of carboxylic acids is 1. The SMILES string of the molecule is CC(C)N1C(=O)c2ccc(NC(=O)NC(c3ccc(C(=O)NCCC(=O)O)cc3)c3ccc(C4=CCCCC4)cc3)cc2C1=O. The fraction of sp³-hybridized carbons (Fsp3) is 0.286. The van der Waals surface area contributed by atoms with Crippen LogP contribution in [0.1, 0.15) is 99.8 Å². The zero-order valence-corrected chi connectivity index (χ0v) is 25.3. The molecule has 0 radical (unpaired) electrons. The van der Waals surface area contributed by atoms with E-state index in [1.54, 1.807) is 50.2 Å². The molecule has 0 spiro atoms. The van der Waals surface area contributed by atoms with Crippen LogP contribution in [0, 0.1) is 0 Å². The van der Waals surface area contributed by atoms with E-state index >= 15 is 0 Å². The molecule has 1 aliphatic carbocycles. The van der Waals surface area contributed by atoms with Gasteiger partial charge in [-0.25, -0.2) is 4.79 Å². The molecule has 1 unspecified atom stereocenters. The molecule has 0 aromatic heterocycles. The Bertz CT molecular complexity index is 1660. The predicted octanol–water partition coefficient (Wildman–Crippen LogP) is 5.76. The summed E-state index contributed by atoms with van der Waals surface area (Å²) >= 11 is 0. The number of hydrogen-bond donors (Lipinski definition) is 4. The van der Waals surface area contributed by atoms with Crippen LogP contribution in [0.2, 0.25) is 0 Å². The summed E-state index contributed by atoms with van der Waals surface area (Å²) in [5.41, 5.74) is 5.28. The van der Waals surface area contributed by atoms with Crippen LogP contribution in [-0.2, 0) is 4.79 Å². The van der Waals surface area contributed by atoms with Crippen molar-refractivity contribution in [2.24, 2.45) is 0 Å². The lowest BCUT2D eigenvalue weighted by atomic mass is 9.91. The molecule has 1 aliphatic heterocycles. The van der Waals surface area contributed by atoms with E-state index in [2.05, 4.69) is 22.0 Å². The number of urea groups is 1. The standard InChI is InChI=1S/C35H36N4O6/c1-21(2)39-33(43)28-17-16-27(20-29(28)34(39)44)37-35(45)38-31(24-10-8-23(9-11-24)22-6-4-3-5-7-22)25-12-14-26(15-13-25)32(42)36-19-18-30(40)41/h6,8-17,20-21,31H,3-5,7,18-19H2,1-2H3,(H,36,42)(H,40,41)(H2,37,38,45). The van der Waals surface area contributed by atoms with Crippen molar-refractivity contribution in [2.45, 2.75) is 58.0 Å². The number of amides is 5. The first-order chi connectivity index (χ1) is 21.6. The van der Waals surface area contributed by atoms with Gasteiger partial charge in [-0.1, -0.05) is 42.5 Å². The molecule has 5 amide bonds. The van der Waals surface area contributed by atoms with E-state index in [0.29, 0.717) is 16.8 Å². The zero-order valence-electron chi connectivity index (χ0n) is 25.3. The van der Waals surface area contributed by atoms with Gasteiger partial charge in [0.25, 0.3) is 17.7 Å². The molecule has 5 rings (SSSR count). The number of hydrogen-bond acceptors (Lipinski definition) is 5. The lowest BCUT2D eigenvalue weighted by molar-refractivity contribution is -0.136. The van der Waals surface area contributed by atoms with Gasteiger partial charge in [0.05, 0.1) is 23.6 Å². The van der Waals surface area contributed by atoms with Crippen molar-refractivity contribution < 1.29 is 29.1 Å². The van der Waals surface area contributed by atoms with E-state index in [-0.39, 0.29) is 30.5 Å². The number of imide groups is 1. The molecule has 10 nitrogen and oxygen atoms in total.